The van der Waals surface area contributed by atoms with Gasteiger partial charge in [-0.3, -0.25) is 4.68 Å². The fourth-order valence-electron chi connectivity index (χ4n) is 1.75. The first-order valence-corrected chi connectivity index (χ1v) is 6.46. The van der Waals surface area contributed by atoms with E-state index >= 15 is 0 Å². The van der Waals surface area contributed by atoms with Crippen molar-refractivity contribution in [3.8, 4) is 0 Å². The molecule has 0 amide bonds. The molecule has 1 heterocycles. The molecule has 0 saturated carbocycles. The van der Waals surface area contributed by atoms with E-state index in [2.05, 4.69) is 28.0 Å². The van der Waals surface area contributed by atoms with Gasteiger partial charge >= 0.3 is 0 Å². The second-order valence-corrected chi connectivity index (χ2v) is 4.82. The number of nitrogens with zero attached hydrogens (tertiary/aromatic N) is 2. The Labute approximate surface area is 109 Å². The lowest BCUT2D eigenvalue weighted by Crippen LogP contribution is -2.00. The quantitative estimate of drug-likeness (QED) is 0.941. The highest BCUT2D eigenvalue weighted by Gasteiger charge is 2.14. The van der Waals surface area contributed by atoms with Gasteiger partial charge in [-0.2, -0.15) is 5.10 Å². The minimum absolute atomic E-state index is 0.629. The van der Waals surface area contributed by atoms with Crippen molar-refractivity contribution in [3.63, 3.8) is 0 Å². The molecule has 1 N–H and O–H groups in total. The van der Waals surface area contributed by atoms with E-state index in [1.165, 1.54) is 0 Å². The molecule has 3 nitrogen and oxygen atoms in total. The summed E-state index contributed by atoms with van der Waals surface area (Å²) < 4.78 is 2.77. The minimum atomic E-state index is -0.629. The number of aromatic nitrogens is 2. The highest BCUT2D eigenvalue weighted by Crippen LogP contribution is 2.27. The average Bonchev–Trinajstić information content (AvgIpc) is 2.78. The molecule has 0 saturated heterocycles. The number of halogens is 1. The van der Waals surface area contributed by atoms with Crippen LogP contribution in [-0.2, 0) is 6.54 Å². The Kier molecular flexibility index (Phi) is 3.97. The van der Waals surface area contributed by atoms with Crippen molar-refractivity contribution < 1.29 is 5.11 Å². The molecule has 0 spiro atoms. The van der Waals surface area contributed by atoms with Crippen molar-refractivity contribution >= 4 is 15.9 Å². The lowest BCUT2D eigenvalue weighted by Gasteiger charge is -2.10. The standard InChI is InChI=1S/C13H15BrN2O/c1-2-7-16-9-10(8-15-16)13(17)11-5-3-4-6-12(11)14/h3-6,8-9,13,17H,2,7H2,1H3. The summed E-state index contributed by atoms with van der Waals surface area (Å²) in [7, 11) is 0. The number of rotatable bonds is 4. The number of hydrogen-bond acceptors (Lipinski definition) is 2. The largest absolute Gasteiger partial charge is 0.383 e. The average molecular weight is 295 g/mol. The maximum Gasteiger partial charge on any atom is 0.108 e. The molecule has 2 rings (SSSR count). The van der Waals surface area contributed by atoms with E-state index in [4.69, 9.17) is 0 Å². The summed E-state index contributed by atoms with van der Waals surface area (Å²) in [6.45, 7) is 2.98. The molecule has 90 valence electrons. The maximum atomic E-state index is 10.3. The zero-order valence-corrected chi connectivity index (χ0v) is 11.3. The summed E-state index contributed by atoms with van der Waals surface area (Å²) in [5, 5.41) is 14.5. The van der Waals surface area contributed by atoms with Gasteiger partial charge in [-0.05, 0) is 18.1 Å². The molecule has 0 aliphatic carbocycles. The fraction of sp³-hybridized carbons (Fsp3) is 0.308. The van der Waals surface area contributed by atoms with Gasteiger partial charge in [0.15, 0.2) is 0 Å². The molecule has 0 aliphatic rings. The molecule has 1 aromatic heterocycles. The van der Waals surface area contributed by atoms with Crippen LogP contribution in [0.4, 0.5) is 0 Å². The monoisotopic (exact) mass is 294 g/mol. The summed E-state index contributed by atoms with van der Waals surface area (Å²) in [5.74, 6) is 0. The van der Waals surface area contributed by atoms with E-state index in [0.717, 1.165) is 28.6 Å². The van der Waals surface area contributed by atoms with E-state index in [1.54, 1.807) is 6.20 Å². The lowest BCUT2D eigenvalue weighted by atomic mass is 10.1. The lowest BCUT2D eigenvalue weighted by molar-refractivity contribution is 0.219. The third-order valence-corrected chi connectivity index (χ3v) is 3.34. The predicted octanol–water partition coefficient (Wildman–Crippen LogP) is 3.14. The Morgan fingerprint density at radius 2 is 2.18 bits per heavy atom. The molecule has 0 bridgehead atoms. The van der Waals surface area contributed by atoms with Gasteiger partial charge in [0.25, 0.3) is 0 Å². The summed E-state index contributed by atoms with van der Waals surface area (Å²) in [6, 6.07) is 7.68. The van der Waals surface area contributed by atoms with Crippen LogP contribution in [0.2, 0.25) is 0 Å². The number of aliphatic hydroxyl groups is 1. The summed E-state index contributed by atoms with van der Waals surface area (Å²) in [6.07, 6.45) is 4.02. The van der Waals surface area contributed by atoms with Crippen LogP contribution >= 0.6 is 15.9 Å². The van der Waals surface area contributed by atoms with Gasteiger partial charge in [-0.25, -0.2) is 0 Å². The summed E-state index contributed by atoms with van der Waals surface area (Å²) in [4.78, 5) is 0. The SMILES string of the molecule is CCCn1cc(C(O)c2ccccc2Br)cn1. The van der Waals surface area contributed by atoms with E-state index in [0.29, 0.717) is 0 Å². The Balaban J connectivity index is 2.24. The molecular weight excluding hydrogens is 280 g/mol. The smallest absolute Gasteiger partial charge is 0.108 e. The van der Waals surface area contributed by atoms with E-state index in [-0.39, 0.29) is 0 Å². The van der Waals surface area contributed by atoms with Crippen LogP contribution in [-0.4, -0.2) is 14.9 Å². The Morgan fingerprint density at radius 1 is 1.41 bits per heavy atom. The van der Waals surface area contributed by atoms with Crippen LogP contribution in [0.15, 0.2) is 41.1 Å². The van der Waals surface area contributed by atoms with Crippen molar-refractivity contribution in [2.75, 3.05) is 0 Å². The van der Waals surface area contributed by atoms with Crippen LogP contribution in [0.25, 0.3) is 0 Å². The molecular formula is C13H15BrN2O. The first-order valence-electron chi connectivity index (χ1n) is 5.67. The zero-order chi connectivity index (χ0) is 12.3. The predicted molar refractivity (Wildman–Crippen MR) is 70.7 cm³/mol. The van der Waals surface area contributed by atoms with Crippen LogP contribution in [0.1, 0.15) is 30.6 Å². The molecule has 0 aliphatic heterocycles. The van der Waals surface area contributed by atoms with Gasteiger partial charge in [0, 0.05) is 22.8 Å². The minimum Gasteiger partial charge on any atom is -0.383 e. The van der Waals surface area contributed by atoms with Crippen LogP contribution in [0.5, 0.6) is 0 Å². The maximum absolute atomic E-state index is 10.3. The van der Waals surface area contributed by atoms with Crippen molar-refractivity contribution in [3.05, 3.63) is 52.3 Å². The molecule has 17 heavy (non-hydrogen) atoms. The van der Waals surface area contributed by atoms with Crippen molar-refractivity contribution in [1.29, 1.82) is 0 Å². The second-order valence-electron chi connectivity index (χ2n) is 3.96. The first-order chi connectivity index (χ1) is 8.22. The third kappa shape index (κ3) is 2.76. The molecule has 0 radical (unpaired) electrons. The third-order valence-electron chi connectivity index (χ3n) is 2.62. The van der Waals surface area contributed by atoms with Crippen LogP contribution in [0.3, 0.4) is 0 Å². The van der Waals surface area contributed by atoms with Gasteiger partial charge < -0.3 is 5.11 Å². The number of aliphatic hydroxyl groups excluding tert-OH is 1. The number of aryl methyl sites for hydroxylation is 1. The Morgan fingerprint density at radius 3 is 2.88 bits per heavy atom. The topological polar surface area (TPSA) is 38.0 Å². The first kappa shape index (κ1) is 12.3. The molecule has 0 fully saturated rings. The van der Waals surface area contributed by atoms with Crippen molar-refractivity contribution in [2.24, 2.45) is 0 Å². The molecule has 2 aromatic rings. The highest BCUT2D eigenvalue weighted by atomic mass is 79.9. The van der Waals surface area contributed by atoms with Crippen LogP contribution < -0.4 is 0 Å². The zero-order valence-electron chi connectivity index (χ0n) is 9.68. The molecule has 1 aromatic carbocycles. The van der Waals surface area contributed by atoms with Gasteiger partial charge in [0.1, 0.15) is 6.10 Å². The van der Waals surface area contributed by atoms with Gasteiger partial charge in [0.2, 0.25) is 0 Å². The highest BCUT2D eigenvalue weighted by molar-refractivity contribution is 9.10. The van der Waals surface area contributed by atoms with E-state index < -0.39 is 6.10 Å². The summed E-state index contributed by atoms with van der Waals surface area (Å²) in [5.41, 5.74) is 1.69. The van der Waals surface area contributed by atoms with E-state index in [9.17, 15) is 5.11 Å². The summed E-state index contributed by atoms with van der Waals surface area (Å²) >= 11 is 3.44. The van der Waals surface area contributed by atoms with Crippen molar-refractivity contribution in [2.45, 2.75) is 26.0 Å². The van der Waals surface area contributed by atoms with Gasteiger partial charge in [-0.1, -0.05) is 41.1 Å². The van der Waals surface area contributed by atoms with Gasteiger partial charge in [-0.15, -0.1) is 0 Å². The Hall–Kier alpha value is -1.13. The fourth-order valence-corrected chi connectivity index (χ4v) is 2.25. The molecule has 1 unspecified atom stereocenters. The molecule has 4 heteroatoms. The van der Waals surface area contributed by atoms with Crippen molar-refractivity contribution in [1.82, 2.24) is 9.78 Å². The van der Waals surface area contributed by atoms with Gasteiger partial charge in [0.05, 0.1) is 6.20 Å². The normalized spacial score (nSPS) is 12.6. The second kappa shape index (κ2) is 5.47. The van der Waals surface area contributed by atoms with E-state index in [1.807, 2.05) is 35.1 Å². The molecule has 1 atom stereocenters. The number of benzene rings is 1. The van der Waals surface area contributed by atoms with Crippen LogP contribution in [0, 0.1) is 0 Å². The number of hydrogen-bond donors (Lipinski definition) is 1. The Bertz CT molecular complexity index is 496.